The third kappa shape index (κ3) is 3.41. The van der Waals surface area contributed by atoms with Gasteiger partial charge in [0.1, 0.15) is 0 Å². The molecule has 0 radical (unpaired) electrons. The molecule has 0 spiro atoms. The van der Waals surface area contributed by atoms with Crippen LogP contribution in [-0.4, -0.2) is 13.4 Å². The highest BCUT2D eigenvalue weighted by atomic mass is 32.2. The average Bonchev–Trinajstić information content (AvgIpc) is 2.68. The van der Waals surface area contributed by atoms with Gasteiger partial charge in [-0.25, -0.2) is 13.4 Å². The van der Waals surface area contributed by atoms with Crippen LogP contribution in [-0.2, 0) is 10.0 Å². The largest absolute Gasteiger partial charge is 0.279 e. The molecule has 1 aromatic heterocycles. The first-order valence-corrected chi connectivity index (χ1v) is 10.1. The summed E-state index contributed by atoms with van der Waals surface area (Å²) in [5.41, 5.74) is 3.53. The van der Waals surface area contributed by atoms with Crippen LogP contribution in [0.5, 0.6) is 0 Å². The zero-order valence-corrected chi connectivity index (χ0v) is 15.6. The molecule has 4 aromatic rings. The standard InChI is InChI=1S/C22H18N2O2S/c1-16-8-2-7-13-22(16)27(25,26)24-21-12-6-4-10-18(21)20-15-14-17-9-3-5-11-19(17)23-20/h2-15,24H,1H3. The molecule has 1 N–H and O–H groups in total. The van der Waals surface area contributed by atoms with Crippen LogP contribution in [0.4, 0.5) is 5.69 Å². The number of anilines is 1. The minimum atomic E-state index is -3.69. The van der Waals surface area contributed by atoms with E-state index in [-0.39, 0.29) is 4.90 Å². The van der Waals surface area contributed by atoms with E-state index in [4.69, 9.17) is 4.98 Å². The fourth-order valence-corrected chi connectivity index (χ4v) is 4.40. The number of para-hydroxylation sites is 2. The maximum Gasteiger partial charge on any atom is 0.262 e. The van der Waals surface area contributed by atoms with Crippen LogP contribution in [0.15, 0.2) is 89.8 Å². The molecule has 0 aliphatic heterocycles. The minimum absolute atomic E-state index is 0.270. The number of rotatable bonds is 4. The van der Waals surface area contributed by atoms with Crippen LogP contribution in [0.1, 0.15) is 5.56 Å². The van der Waals surface area contributed by atoms with Gasteiger partial charge in [-0.2, -0.15) is 0 Å². The van der Waals surface area contributed by atoms with Gasteiger partial charge in [0.15, 0.2) is 0 Å². The Balaban J connectivity index is 1.78. The number of nitrogens with one attached hydrogen (secondary N) is 1. The Morgan fingerprint density at radius 3 is 2.33 bits per heavy atom. The number of aromatic nitrogens is 1. The Hall–Kier alpha value is -3.18. The second-order valence-electron chi connectivity index (χ2n) is 6.31. The SMILES string of the molecule is Cc1ccccc1S(=O)(=O)Nc1ccccc1-c1ccc2ccccc2n1. The molecule has 0 saturated carbocycles. The fraction of sp³-hybridized carbons (Fsp3) is 0.0455. The monoisotopic (exact) mass is 374 g/mol. The average molecular weight is 374 g/mol. The van der Waals surface area contributed by atoms with Gasteiger partial charge in [0.05, 0.1) is 21.8 Å². The summed E-state index contributed by atoms with van der Waals surface area (Å²) in [7, 11) is -3.69. The van der Waals surface area contributed by atoms with Crippen LogP contribution in [0.2, 0.25) is 0 Å². The first-order valence-electron chi connectivity index (χ1n) is 8.58. The van der Waals surface area contributed by atoms with Gasteiger partial charge in [-0.3, -0.25) is 4.72 Å². The Morgan fingerprint density at radius 1 is 0.778 bits per heavy atom. The number of fused-ring (bicyclic) bond motifs is 1. The van der Waals surface area contributed by atoms with Crippen molar-refractivity contribution in [2.45, 2.75) is 11.8 Å². The van der Waals surface area contributed by atoms with Gasteiger partial charge in [0.2, 0.25) is 0 Å². The van der Waals surface area contributed by atoms with Crippen molar-refractivity contribution in [1.82, 2.24) is 4.98 Å². The molecule has 5 heteroatoms. The summed E-state index contributed by atoms with van der Waals surface area (Å²) in [6.07, 6.45) is 0. The van der Waals surface area contributed by atoms with E-state index in [0.717, 1.165) is 22.2 Å². The minimum Gasteiger partial charge on any atom is -0.279 e. The van der Waals surface area contributed by atoms with Crippen molar-refractivity contribution in [3.63, 3.8) is 0 Å². The maximum absolute atomic E-state index is 12.9. The van der Waals surface area contributed by atoms with E-state index in [2.05, 4.69) is 4.72 Å². The van der Waals surface area contributed by atoms with Crippen molar-refractivity contribution in [3.05, 3.63) is 90.5 Å². The molecular weight excluding hydrogens is 356 g/mol. The van der Waals surface area contributed by atoms with E-state index in [1.165, 1.54) is 0 Å². The summed E-state index contributed by atoms with van der Waals surface area (Å²) in [6.45, 7) is 1.78. The molecule has 0 aliphatic rings. The van der Waals surface area contributed by atoms with Crippen LogP contribution >= 0.6 is 0 Å². The lowest BCUT2D eigenvalue weighted by Crippen LogP contribution is -2.14. The summed E-state index contributed by atoms with van der Waals surface area (Å²) in [6, 6.07) is 26.0. The summed E-state index contributed by atoms with van der Waals surface area (Å²) in [5, 5.41) is 1.04. The van der Waals surface area contributed by atoms with Crippen LogP contribution in [0.25, 0.3) is 22.2 Å². The molecule has 3 aromatic carbocycles. The van der Waals surface area contributed by atoms with Gasteiger partial charge in [-0.15, -0.1) is 0 Å². The fourth-order valence-electron chi connectivity index (χ4n) is 3.07. The Labute approximate surface area is 158 Å². The Morgan fingerprint density at radius 2 is 1.48 bits per heavy atom. The predicted molar refractivity (Wildman–Crippen MR) is 109 cm³/mol. The van der Waals surface area contributed by atoms with Gasteiger partial charge in [0, 0.05) is 10.9 Å². The van der Waals surface area contributed by atoms with Gasteiger partial charge >= 0.3 is 0 Å². The van der Waals surface area contributed by atoms with E-state index < -0.39 is 10.0 Å². The molecule has 4 rings (SSSR count). The molecule has 1 heterocycles. The van der Waals surface area contributed by atoms with Crippen LogP contribution in [0, 0.1) is 6.92 Å². The molecule has 0 saturated heterocycles. The summed E-state index contributed by atoms with van der Waals surface area (Å²) in [5.74, 6) is 0. The third-order valence-corrected chi connectivity index (χ3v) is 5.95. The quantitative estimate of drug-likeness (QED) is 0.546. The molecule has 27 heavy (non-hydrogen) atoms. The number of nitrogens with zero attached hydrogens (tertiary/aromatic N) is 1. The van der Waals surface area contributed by atoms with Gasteiger partial charge in [-0.05, 0) is 36.8 Å². The second-order valence-corrected chi connectivity index (χ2v) is 7.96. The summed E-state index contributed by atoms with van der Waals surface area (Å²) in [4.78, 5) is 4.96. The number of hydrogen-bond donors (Lipinski definition) is 1. The van der Waals surface area contributed by atoms with E-state index in [1.54, 1.807) is 37.3 Å². The Bertz CT molecular complexity index is 1230. The molecule has 0 amide bonds. The lowest BCUT2D eigenvalue weighted by Gasteiger charge is -2.14. The maximum atomic E-state index is 12.9. The summed E-state index contributed by atoms with van der Waals surface area (Å²) < 4.78 is 28.5. The van der Waals surface area contributed by atoms with E-state index in [1.807, 2.05) is 54.6 Å². The van der Waals surface area contributed by atoms with E-state index >= 15 is 0 Å². The highest BCUT2D eigenvalue weighted by molar-refractivity contribution is 7.92. The Kier molecular flexibility index (Phi) is 4.38. The van der Waals surface area contributed by atoms with Crippen molar-refractivity contribution in [3.8, 4) is 11.3 Å². The smallest absolute Gasteiger partial charge is 0.262 e. The van der Waals surface area contributed by atoms with Crippen molar-refractivity contribution in [2.75, 3.05) is 4.72 Å². The zero-order valence-electron chi connectivity index (χ0n) is 14.8. The number of sulfonamides is 1. The number of hydrogen-bond acceptors (Lipinski definition) is 3. The lowest BCUT2D eigenvalue weighted by atomic mass is 10.1. The molecule has 134 valence electrons. The highest BCUT2D eigenvalue weighted by Gasteiger charge is 2.18. The predicted octanol–water partition coefficient (Wildman–Crippen LogP) is 5.01. The third-order valence-electron chi connectivity index (χ3n) is 4.43. The molecular formula is C22H18N2O2S. The van der Waals surface area contributed by atoms with Crippen LogP contribution in [0.3, 0.4) is 0 Å². The first-order chi connectivity index (χ1) is 13.0. The van der Waals surface area contributed by atoms with Crippen molar-refractivity contribution in [1.29, 1.82) is 0 Å². The van der Waals surface area contributed by atoms with Crippen LogP contribution < -0.4 is 4.72 Å². The van der Waals surface area contributed by atoms with E-state index in [0.29, 0.717) is 11.3 Å². The molecule has 0 unspecified atom stereocenters. The second kappa shape index (κ2) is 6.85. The normalized spacial score (nSPS) is 11.4. The summed E-state index contributed by atoms with van der Waals surface area (Å²) >= 11 is 0. The van der Waals surface area contributed by atoms with E-state index in [9.17, 15) is 8.42 Å². The molecule has 0 atom stereocenters. The number of aryl methyl sites for hydroxylation is 1. The molecule has 4 nitrogen and oxygen atoms in total. The van der Waals surface area contributed by atoms with Crippen molar-refractivity contribution >= 4 is 26.6 Å². The van der Waals surface area contributed by atoms with Gasteiger partial charge in [-0.1, -0.05) is 60.7 Å². The van der Waals surface area contributed by atoms with Gasteiger partial charge < -0.3 is 0 Å². The lowest BCUT2D eigenvalue weighted by molar-refractivity contribution is 0.600. The first kappa shape index (κ1) is 17.2. The van der Waals surface area contributed by atoms with Crippen molar-refractivity contribution < 1.29 is 8.42 Å². The number of benzene rings is 3. The number of pyridine rings is 1. The molecule has 0 fully saturated rings. The van der Waals surface area contributed by atoms with Gasteiger partial charge in [0.25, 0.3) is 10.0 Å². The highest BCUT2D eigenvalue weighted by Crippen LogP contribution is 2.30. The molecule has 0 bridgehead atoms. The zero-order chi connectivity index (χ0) is 18.9. The topological polar surface area (TPSA) is 59.1 Å². The molecule has 0 aliphatic carbocycles. The van der Waals surface area contributed by atoms with Crippen molar-refractivity contribution in [2.24, 2.45) is 0 Å².